The normalized spacial score (nSPS) is 12.5. The maximum absolute atomic E-state index is 12.9. The minimum Gasteiger partial charge on any atom is -0.462 e. The van der Waals surface area contributed by atoms with Gasteiger partial charge in [0.2, 0.25) is 0 Å². The van der Waals surface area contributed by atoms with Gasteiger partial charge in [-0.1, -0.05) is 280 Å². The second-order valence-corrected chi connectivity index (χ2v) is 20.9. The molecule has 1 unspecified atom stereocenters. The number of carbonyl (C=O) groups excluding carboxylic acids is 3. The molecule has 0 aliphatic carbocycles. The summed E-state index contributed by atoms with van der Waals surface area (Å²) >= 11 is 0. The molecular formula is C67H118O6. The van der Waals surface area contributed by atoms with Gasteiger partial charge >= 0.3 is 17.9 Å². The lowest BCUT2D eigenvalue weighted by Gasteiger charge is -2.18. The Kier molecular flexibility index (Phi) is 58.7. The van der Waals surface area contributed by atoms with Crippen LogP contribution in [0.4, 0.5) is 0 Å². The van der Waals surface area contributed by atoms with E-state index >= 15 is 0 Å². The van der Waals surface area contributed by atoms with Gasteiger partial charge in [-0.2, -0.15) is 0 Å². The van der Waals surface area contributed by atoms with Crippen molar-refractivity contribution < 1.29 is 28.6 Å². The lowest BCUT2D eigenvalue weighted by Crippen LogP contribution is -2.30. The highest BCUT2D eigenvalue weighted by molar-refractivity contribution is 5.71. The van der Waals surface area contributed by atoms with Crippen molar-refractivity contribution in [2.75, 3.05) is 13.2 Å². The van der Waals surface area contributed by atoms with Crippen LogP contribution in [0.25, 0.3) is 0 Å². The molecule has 0 aliphatic rings. The van der Waals surface area contributed by atoms with E-state index in [1.807, 2.05) is 0 Å². The van der Waals surface area contributed by atoms with E-state index in [2.05, 4.69) is 93.7 Å². The van der Waals surface area contributed by atoms with Crippen molar-refractivity contribution in [3.05, 3.63) is 72.9 Å². The van der Waals surface area contributed by atoms with Gasteiger partial charge < -0.3 is 14.2 Å². The molecule has 1 atom stereocenters. The molecule has 0 radical (unpaired) electrons. The first-order valence-electron chi connectivity index (χ1n) is 31.4. The predicted octanol–water partition coefficient (Wildman–Crippen LogP) is 21.3. The predicted molar refractivity (Wildman–Crippen MR) is 316 cm³/mol. The fourth-order valence-electron chi connectivity index (χ4n) is 9.00. The summed E-state index contributed by atoms with van der Waals surface area (Å²) in [6, 6.07) is 0. The third-order valence-corrected chi connectivity index (χ3v) is 13.7. The summed E-state index contributed by atoms with van der Waals surface area (Å²) in [5.41, 5.74) is 0. The molecule has 0 amide bonds. The quantitative estimate of drug-likeness (QED) is 0.0261. The lowest BCUT2D eigenvalue weighted by molar-refractivity contribution is -0.167. The number of unbranched alkanes of at least 4 members (excludes halogenated alkanes) is 34. The molecule has 0 aromatic heterocycles. The van der Waals surface area contributed by atoms with Crippen LogP contribution in [0, 0.1) is 0 Å². The molecule has 0 bridgehead atoms. The second kappa shape index (κ2) is 61.4. The summed E-state index contributed by atoms with van der Waals surface area (Å²) in [5, 5.41) is 0. The highest BCUT2D eigenvalue weighted by Gasteiger charge is 2.19. The highest BCUT2D eigenvalue weighted by atomic mass is 16.6. The van der Waals surface area contributed by atoms with Crippen LogP contribution < -0.4 is 0 Å². The average Bonchev–Trinajstić information content (AvgIpc) is 3.39. The SMILES string of the molecule is CC/C=C\C/C=C\C/C=C\C/C=C\CCCCCCCCCCCCC(=O)OCC(COC(=O)CCCCCCCCCCCCCCCCC)OC(=O)CCCCCCCCC/C=C\C/C=C\CCCCC. The van der Waals surface area contributed by atoms with Gasteiger partial charge in [0.25, 0.3) is 0 Å². The maximum atomic E-state index is 12.9. The Hall–Kier alpha value is -3.15. The van der Waals surface area contributed by atoms with Crippen LogP contribution in [0.5, 0.6) is 0 Å². The zero-order valence-corrected chi connectivity index (χ0v) is 48.4. The third kappa shape index (κ3) is 59.6. The molecule has 0 aromatic rings. The average molecular weight is 1020 g/mol. The van der Waals surface area contributed by atoms with Crippen molar-refractivity contribution >= 4 is 17.9 Å². The summed E-state index contributed by atoms with van der Waals surface area (Å²) in [6.07, 6.45) is 78.9. The zero-order chi connectivity index (χ0) is 52.9. The van der Waals surface area contributed by atoms with Gasteiger partial charge in [0.15, 0.2) is 6.10 Å². The Balaban J connectivity index is 4.34. The summed E-state index contributed by atoms with van der Waals surface area (Å²) in [4.78, 5) is 38.3. The molecule has 6 heteroatoms. The van der Waals surface area contributed by atoms with E-state index in [0.29, 0.717) is 19.3 Å². The van der Waals surface area contributed by atoms with Gasteiger partial charge in [-0.25, -0.2) is 0 Å². The monoisotopic (exact) mass is 1020 g/mol. The van der Waals surface area contributed by atoms with Gasteiger partial charge in [0.1, 0.15) is 13.2 Å². The molecular weight excluding hydrogens is 901 g/mol. The van der Waals surface area contributed by atoms with E-state index < -0.39 is 6.10 Å². The Morgan fingerprint density at radius 3 is 0.863 bits per heavy atom. The summed E-state index contributed by atoms with van der Waals surface area (Å²) in [5.74, 6) is -0.873. The van der Waals surface area contributed by atoms with Gasteiger partial charge in [0.05, 0.1) is 0 Å². The standard InChI is InChI=1S/C67H118O6/c1-4-7-10-13-16-19-22-25-28-30-31-32-33-34-35-37-39-42-45-48-51-54-57-60-66(69)72-63-64(62-71-65(68)59-56-53-50-47-44-41-38-27-24-21-18-15-12-9-6-3)73-67(70)61-58-55-52-49-46-43-40-36-29-26-23-20-17-14-11-8-5-2/h7,10,16-17,19-20,25-26,28-29,31-32,64H,4-6,8-9,11-15,18,21-24,27,30,33-63H2,1-3H3/b10-7-,19-16-,20-17-,28-25-,29-26-,32-31-. The molecule has 6 nitrogen and oxygen atoms in total. The Morgan fingerprint density at radius 2 is 0.534 bits per heavy atom. The minimum absolute atomic E-state index is 0.0766. The van der Waals surface area contributed by atoms with Gasteiger partial charge in [0, 0.05) is 19.3 Å². The van der Waals surface area contributed by atoms with E-state index in [1.165, 1.54) is 180 Å². The van der Waals surface area contributed by atoms with Crippen LogP contribution in [-0.4, -0.2) is 37.2 Å². The first-order valence-corrected chi connectivity index (χ1v) is 31.4. The first-order chi connectivity index (χ1) is 36.0. The smallest absolute Gasteiger partial charge is 0.306 e. The summed E-state index contributed by atoms with van der Waals surface area (Å²) in [7, 11) is 0. The van der Waals surface area contributed by atoms with Crippen LogP contribution in [0.1, 0.15) is 316 Å². The van der Waals surface area contributed by atoms with Crippen LogP contribution in [0.3, 0.4) is 0 Å². The third-order valence-electron chi connectivity index (χ3n) is 13.7. The van der Waals surface area contributed by atoms with Crippen molar-refractivity contribution in [3.63, 3.8) is 0 Å². The van der Waals surface area contributed by atoms with E-state index in [0.717, 1.165) is 96.3 Å². The molecule has 0 aromatic carbocycles. The fraction of sp³-hybridized carbons (Fsp3) is 0.776. The number of esters is 3. The Labute approximate surface area is 453 Å². The summed E-state index contributed by atoms with van der Waals surface area (Å²) < 4.78 is 16.9. The molecule has 0 spiro atoms. The summed E-state index contributed by atoms with van der Waals surface area (Å²) in [6.45, 7) is 6.53. The number of carbonyl (C=O) groups is 3. The van der Waals surface area contributed by atoms with Crippen LogP contribution >= 0.6 is 0 Å². The van der Waals surface area contributed by atoms with Crippen molar-refractivity contribution in [3.8, 4) is 0 Å². The lowest BCUT2D eigenvalue weighted by atomic mass is 10.0. The zero-order valence-electron chi connectivity index (χ0n) is 48.4. The molecule has 0 saturated carbocycles. The van der Waals surface area contributed by atoms with Gasteiger partial charge in [-0.15, -0.1) is 0 Å². The Bertz CT molecular complexity index is 1360. The largest absolute Gasteiger partial charge is 0.462 e. The van der Waals surface area contributed by atoms with Crippen LogP contribution in [-0.2, 0) is 28.6 Å². The highest BCUT2D eigenvalue weighted by Crippen LogP contribution is 2.17. The molecule has 0 rings (SSSR count). The first kappa shape index (κ1) is 69.8. The molecule has 0 saturated heterocycles. The molecule has 0 fully saturated rings. The van der Waals surface area contributed by atoms with E-state index in [-0.39, 0.29) is 31.1 Å². The van der Waals surface area contributed by atoms with Crippen molar-refractivity contribution in [2.24, 2.45) is 0 Å². The van der Waals surface area contributed by atoms with Gasteiger partial charge in [-0.05, 0) is 89.9 Å². The van der Waals surface area contributed by atoms with Crippen molar-refractivity contribution in [1.82, 2.24) is 0 Å². The molecule has 0 N–H and O–H groups in total. The second-order valence-electron chi connectivity index (χ2n) is 20.9. The van der Waals surface area contributed by atoms with Gasteiger partial charge in [-0.3, -0.25) is 14.4 Å². The maximum Gasteiger partial charge on any atom is 0.306 e. The molecule has 73 heavy (non-hydrogen) atoms. The number of allylic oxidation sites excluding steroid dienone is 12. The van der Waals surface area contributed by atoms with Crippen molar-refractivity contribution in [1.29, 1.82) is 0 Å². The van der Waals surface area contributed by atoms with Crippen molar-refractivity contribution in [2.45, 2.75) is 322 Å². The minimum atomic E-state index is -0.780. The van der Waals surface area contributed by atoms with E-state index in [9.17, 15) is 14.4 Å². The van der Waals surface area contributed by atoms with Crippen LogP contribution in [0.15, 0.2) is 72.9 Å². The molecule has 0 heterocycles. The number of hydrogen-bond acceptors (Lipinski definition) is 6. The van der Waals surface area contributed by atoms with Crippen LogP contribution in [0.2, 0.25) is 0 Å². The van der Waals surface area contributed by atoms with E-state index in [1.54, 1.807) is 0 Å². The Morgan fingerprint density at radius 1 is 0.288 bits per heavy atom. The topological polar surface area (TPSA) is 78.9 Å². The number of hydrogen-bond donors (Lipinski definition) is 0. The molecule has 422 valence electrons. The fourth-order valence-corrected chi connectivity index (χ4v) is 9.00. The number of ether oxygens (including phenoxy) is 3. The molecule has 0 aliphatic heterocycles. The number of rotatable bonds is 57. The van der Waals surface area contributed by atoms with E-state index in [4.69, 9.17) is 14.2 Å².